The molecule has 76 valence electrons. The first kappa shape index (κ1) is 9.66. The predicted octanol–water partition coefficient (Wildman–Crippen LogP) is 1.80. The summed E-state index contributed by atoms with van der Waals surface area (Å²) < 4.78 is 1.93. The van der Waals surface area contributed by atoms with Crippen LogP contribution >= 0.6 is 0 Å². The van der Waals surface area contributed by atoms with Crippen molar-refractivity contribution in [3.8, 4) is 6.07 Å². The van der Waals surface area contributed by atoms with Crippen LogP contribution < -0.4 is 0 Å². The first-order valence-corrected chi connectivity index (χ1v) is 4.94. The van der Waals surface area contributed by atoms with Crippen molar-refractivity contribution in [3.63, 3.8) is 0 Å². The highest BCUT2D eigenvalue weighted by Gasteiger charge is 2.07. The molecule has 2 heterocycles. The van der Waals surface area contributed by atoms with Crippen molar-refractivity contribution in [2.75, 3.05) is 0 Å². The van der Waals surface area contributed by atoms with Gasteiger partial charge in [-0.1, -0.05) is 13.8 Å². The fourth-order valence-corrected chi connectivity index (χ4v) is 1.51. The Balaban J connectivity index is 2.48. The van der Waals surface area contributed by atoms with Crippen molar-refractivity contribution in [1.29, 1.82) is 5.26 Å². The van der Waals surface area contributed by atoms with Gasteiger partial charge in [0.1, 0.15) is 5.82 Å². The second-order valence-corrected chi connectivity index (χ2v) is 3.97. The van der Waals surface area contributed by atoms with Crippen LogP contribution in [0.1, 0.15) is 25.2 Å². The molecule has 0 amide bonds. The van der Waals surface area contributed by atoms with E-state index in [2.05, 4.69) is 30.1 Å². The topological polar surface area (TPSA) is 54.0 Å². The number of nitrogens with zero attached hydrogens (tertiary/aromatic N) is 4. The maximum Gasteiger partial charge on any atom is 0.162 e. The third-order valence-electron chi connectivity index (χ3n) is 2.20. The van der Waals surface area contributed by atoms with Gasteiger partial charge < -0.3 is 0 Å². The Kier molecular flexibility index (Phi) is 2.38. The van der Waals surface area contributed by atoms with Crippen LogP contribution in [0, 0.1) is 17.2 Å². The van der Waals surface area contributed by atoms with Crippen molar-refractivity contribution in [1.82, 2.24) is 14.6 Å². The third kappa shape index (κ3) is 1.82. The summed E-state index contributed by atoms with van der Waals surface area (Å²) in [5.74, 6) is 1.50. The lowest BCUT2D eigenvalue weighted by Crippen LogP contribution is -2.00. The van der Waals surface area contributed by atoms with Crippen molar-refractivity contribution in [3.05, 3.63) is 29.7 Å². The average molecular weight is 200 g/mol. The van der Waals surface area contributed by atoms with E-state index in [0.717, 1.165) is 17.9 Å². The molecule has 0 bridgehead atoms. The van der Waals surface area contributed by atoms with Crippen LogP contribution in [0.4, 0.5) is 0 Å². The van der Waals surface area contributed by atoms with E-state index in [9.17, 15) is 0 Å². The van der Waals surface area contributed by atoms with Gasteiger partial charge in [0.2, 0.25) is 0 Å². The zero-order valence-electron chi connectivity index (χ0n) is 8.81. The standard InChI is InChI=1S/C11H12N4/c1-8(2)5-10-13-14-11-6-9(7-12)3-4-15(10)11/h3-4,6,8H,5H2,1-2H3. The van der Waals surface area contributed by atoms with E-state index < -0.39 is 0 Å². The molecule has 0 aliphatic rings. The van der Waals surface area contributed by atoms with Crippen LogP contribution in [0.2, 0.25) is 0 Å². The Bertz CT molecular complexity index is 519. The summed E-state index contributed by atoms with van der Waals surface area (Å²) in [6.07, 6.45) is 2.75. The molecule has 0 aliphatic carbocycles. The Labute approximate surface area is 88.2 Å². The molecule has 0 saturated carbocycles. The number of nitriles is 1. The van der Waals surface area contributed by atoms with Gasteiger partial charge in [0.05, 0.1) is 11.6 Å². The summed E-state index contributed by atoms with van der Waals surface area (Å²) in [5.41, 5.74) is 1.36. The summed E-state index contributed by atoms with van der Waals surface area (Å²) in [5, 5.41) is 16.9. The van der Waals surface area contributed by atoms with Gasteiger partial charge in [-0.05, 0) is 12.0 Å². The molecule has 15 heavy (non-hydrogen) atoms. The minimum Gasteiger partial charge on any atom is -0.286 e. The number of hydrogen-bond donors (Lipinski definition) is 0. The Morgan fingerprint density at radius 2 is 2.27 bits per heavy atom. The molecule has 0 N–H and O–H groups in total. The zero-order valence-corrected chi connectivity index (χ0v) is 8.81. The Morgan fingerprint density at radius 1 is 1.47 bits per heavy atom. The molecule has 0 fully saturated rings. The lowest BCUT2D eigenvalue weighted by molar-refractivity contribution is 0.616. The largest absolute Gasteiger partial charge is 0.286 e. The highest BCUT2D eigenvalue weighted by Crippen LogP contribution is 2.10. The molecule has 0 aromatic carbocycles. The van der Waals surface area contributed by atoms with E-state index in [1.807, 2.05) is 10.6 Å². The lowest BCUT2D eigenvalue weighted by atomic mass is 10.1. The van der Waals surface area contributed by atoms with E-state index in [1.54, 1.807) is 12.1 Å². The first-order valence-electron chi connectivity index (χ1n) is 4.94. The molecule has 2 rings (SSSR count). The molecule has 0 radical (unpaired) electrons. The predicted molar refractivity (Wildman–Crippen MR) is 56.2 cm³/mol. The van der Waals surface area contributed by atoms with Crippen LogP contribution in [0.5, 0.6) is 0 Å². The number of aromatic nitrogens is 3. The number of rotatable bonds is 2. The van der Waals surface area contributed by atoms with Crippen LogP contribution in [-0.4, -0.2) is 14.6 Å². The maximum atomic E-state index is 8.74. The molecule has 2 aromatic heterocycles. The second-order valence-electron chi connectivity index (χ2n) is 3.97. The molecule has 0 spiro atoms. The number of fused-ring (bicyclic) bond motifs is 1. The monoisotopic (exact) mass is 200 g/mol. The smallest absolute Gasteiger partial charge is 0.162 e. The van der Waals surface area contributed by atoms with E-state index in [0.29, 0.717) is 11.5 Å². The highest BCUT2D eigenvalue weighted by atomic mass is 15.2. The maximum absolute atomic E-state index is 8.74. The molecule has 0 aliphatic heterocycles. The first-order chi connectivity index (χ1) is 7.20. The van der Waals surface area contributed by atoms with E-state index in [1.165, 1.54) is 0 Å². The quantitative estimate of drug-likeness (QED) is 0.742. The van der Waals surface area contributed by atoms with Crippen LogP contribution in [0.25, 0.3) is 5.65 Å². The van der Waals surface area contributed by atoms with Crippen LogP contribution in [0.3, 0.4) is 0 Å². The average Bonchev–Trinajstić information content (AvgIpc) is 2.60. The van der Waals surface area contributed by atoms with Gasteiger partial charge in [-0.15, -0.1) is 10.2 Å². The van der Waals surface area contributed by atoms with E-state index in [-0.39, 0.29) is 0 Å². The number of hydrogen-bond acceptors (Lipinski definition) is 3. The molecule has 4 nitrogen and oxygen atoms in total. The normalized spacial score (nSPS) is 10.8. The van der Waals surface area contributed by atoms with Gasteiger partial charge >= 0.3 is 0 Å². The van der Waals surface area contributed by atoms with Crippen molar-refractivity contribution in [2.45, 2.75) is 20.3 Å². The second kappa shape index (κ2) is 3.70. The van der Waals surface area contributed by atoms with Gasteiger partial charge in [-0.25, -0.2) is 0 Å². The van der Waals surface area contributed by atoms with E-state index >= 15 is 0 Å². The van der Waals surface area contributed by atoms with Crippen LogP contribution in [0.15, 0.2) is 18.3 Å². The fourth-order valence-electron chi connectivity index (χ4n) is 1.51. The summed E-state index contributed by atoms with van der Waals surface area (Å²) in [6, 6.07) is 5.61. The molecule has 0 unspecified atom stereocenters. The summed E-state index contributed by atoms with van der Waals surface area (Å²) >= 11 is 0. The minimum atomic E-state index is 0.549. The van der Waals surface area contributed by atoms with Gasteiger partial charge in [0, 0.05) is 18.7 Å². The van der Waals surface area contributed by atoms with Crippen LogP contribution in [-0.2, 0) is 6.42 Å². The molecule has 0 atom stereocenters. The van der Waals surface area contributed by atoms with Gasteiger partial charge in [-0.2, -0.15) is 5.26 Å². The zero-order chi connectivity index (χ0) is 10.8. The fraction of sp³-hybridized carbons (Fsp3) is 0.364. The summed E-state index contributed by atoms with van der Waals surface area (Å²) in [7, 11) is 0. The Morgan fingerprint density at radius 3 is 2.93 bits per heavy atom. The Hall–Kier alpha value is -1.89. The highest BCUT2D eigenvalue weighted by molar-refractivity contribution is 5.45. The molecular weight excluding hydrogens is 188 g/mol. The molecule has 2 aromatic rings. The SMILES string of the molecule is CC(C)Cc1nnc2cc(C#N)ccn12. The van der Waals surface area contributed by atoms with Crippen molar-refractivity contribution in [2.24, 2.45) is 5.92 Å². The van der Waals surface area contributed by atoms with Gasteiger partial charge in [0.25, 0.3) is 0 Å². The number of pyridine rings is 1. The molecule has 4 heteroatoms. The van der Waals surface area contributed by atoms with Crippen molar-refractivity contribution >= 4 is 5.65 Å². The van der Waals surface area contributed by atoms with Gasteiger partial charge in [0.15, 0.2) is 5.65 Å². The van der Waals surface area contributed by atoms with Gasteiger partial charge in [-0.3, -0.25) is 4.40 Å². The molecule has 0 saturated heterocycles. The third-order valence-corrected chi connectivity index (χ3v) is 2.20. The van der Waals surface area contributed by atoms with E-state index in [4.69, 9.17) is 5.26 Å². The minimum absolute atomic E-state index is 0.549. The molecular formula is C11H12N4. The summed E-state index contributed by atoms with van der Waals surface area (Å²) in [6.45, 7) is 4.29. The lowest BCUT2D eigenvalue weighted by Gasteiger charge is -2.02. The summed E-state index contributed by atoms with van der Waals surface area (Å²) in [4.78, 5) is 0. The van der Waals surface area contributed by atoms with Crippen molar-refractivity contribution < 1.29 is 0 Å².